The van der Waals surface area contributed by atoms with Crippen LogP contribution in [-0.2, 0) is 13.1 Å². The number of hydrogen-bond donors (Lipinski definition) is 2. The van der Waals surface area contributed by atoms with Gasteiger partial charge in [0.25, 0.3) is 11.3 Å². The van der Waals surface area contributed by atoms with E-state index in [0.717, 1.165) is 36.0 Å². The van der Waals surface area contributed by atoms with Crippen LogP contribution in [0.2, 0.25) is 0 Å². The SMILES string of the molecule is COc1ccc(CNc2nc3nc(CN4CCC(C)CC4)cc(=O)n3[nH]2)cc1. The molecular weight excluding hydrogens is 356 g/mol. The minimum absolute atomic E-state index is 0.143. The van der Waals surface area contributed by atoms with Gasteiger partial charge in [-0.25, -0.2) is 4.98 Å². The lowest BCUT2D eigenvalue weighted by atomic mass is 9.99. The van der Waals surface area contributed by atoms with Crippen LogP contribution in [0.4, 0.5) is 5.95 Å². The Morgan fingerprint density at radius 3 is 2.68 bits per heavy atom. The first-order valence-corrected chi connectivity index (χ1v) is 9.68. The predicted octanol–water partition coefficient (Wildman–Crippen LogP) is 2.27. The summed E-state index contributed by atoms with van der Waals surface area (Å²) in [5.41, 5.74) is 1.71. The number of methoxy groups -OCH3 is 1. The largest absolute Gasteiger partial charge is 0.497 e. The summed E-state index contributed by atoms with van der Waals surface area (Å²) in [5.74, 6) is 2.51. The van der Waals surface area contributed by atoms with Gasteiger partial charge in [-0.3, -0.25) is 14.8 Å². The number of rotatable bonds is 6. The van der Waals surface area contributed by atoms with Crippen molar-refractivity contribution in [1.29, 1.82) is 0 Å². The van der Waals surface area contributed by atoms with Crippen molar-refractivity contribution in [2.75, 3.05) is 25.5 Å². The molecule has 0 spiro atoms. The molecule has 1 aromatic carbocycles. The van der Waals surface area contributed by atoms with E-state index in [9.17, 15) is 4.79 Å². The van der Waals surface area contributed by atoms with E-state index in [1.165, 1.54) is 17.4 Å². The Hall–Kier alpha value is -2.87. The molecule has 8 nitrogen and oxygen atoms in total. The standard InChI is InChI=1S/C20H26N6O2/c1-14-7-9-25(10-8-14)13-16-11-18(27)26-20(22-16)23-19(24-26)21-12-15-3-5-17(28-2)6-4-15/h3-6,11,14H,7-10,12-13H2,1-2H3,(H2,21,22,23,24). The summed E-state index contributed by atoms with van der Waals surface area (Å²) in [5, 5.41) is 6.18. The van der Waals surface area contributed by atoms with Crippen LogP contribution in [-0.4, -0.2) is 44.7 Å². The highest BCUT2D eigenvalue weighted by Crippen LogP contribution is 2.17. The molecule has 1 aliphatic rings. The Kier molecular flexibility index (Phi) is 5.29. The van der Waals surface area contributed by atoms with Crippen molar-refractivity contribution in [1.82, 2.24) is 24.5 Å². The van der Waals surface area contributed by atoms with E-state index in [2.05, 4.69) is 32.2 Å². The minimum Gasteiger partial charge on any atom is -0.497 e. The van der Waals surface area contributed by atoms with Crippen LogP contribution in [0, 0.1) is 5.92 Å². The van der Waals surface area contributed by atoms with Gasteiger partial charge in [0.2, 0.25) is 5.95 Å². The molecule has 2 aromatic heterocycles. The number of fused-ring (bicyclic) bond motifs is 1. The van der Waals surface area contributed by atoms with Crippen molar-refractivity contribution in [3.8, 4) is 5.75 Å². The average molecular weight is 382 g/mol. The molecule has 28 heavy (non-hydrogen) atoms. The van der Waals surface area contributed by atoms with Gasteiger partial charge in [0.1, 0.15) is 5.75 Å². The first-order valence-electron chi connectivity index (χ1n) is 9.68. The van der Waals surface area contributed by atoms with Crippen molar-refractivity contribution in [3.05, 3.63) is 51.9 Å². The second-order valence-electron chi connectivity index (χ2n) is 7.45. The van der Waals surface area contributed by atoms with E-state index in [1.54, 1.807) is 13.2 Å². The summed E-state index contributed by atoms with van der Waals surface area (Å²) in [6, 6.07) is 9.38. The van der Waals surface area contributed by atoms with Crippen LogP contribution in [0.1, 0.15) is 31.0 Å². The fraction of sp³-hybridized carbons (Fsp3) is 0.450. The summed E-state index contributed by atoms with van der Waals surface area (Å²) in [7, 11) is 1.65. The van der Waals surface area contributed by atoms with E-state index in [4.69, 9.17) is 4.74 Å². The van der Waals surface area contributed by atoms with Crippen LogP contribution >= 0.6 is 0 Å². The smallest absolute Gasteiger partial charge is 0.274 e. The Bertz CT molecular complexity index is 986. The lowest BCUT2D eigenvalue weighted by Crippen LogP contribution is -2.33. The molecular formula is C20H26N6O2. The second kappa shape index (κ2) is 8.02. The molecule has 0 bridgehead atoms. The summed E-state index contributed by atoms with van der Waals surface area (Å²) in [6.07, 6.45) is 2.39. The van der Waals surface area contributed by atoms with Crippen molar-refractivity contribution in [2.45, 2.75) is 32.9 Å². The quantitative estimate of drug-likeness (QED) is 0.680. The zero-order chi connectivity index (χ0) is 19.5. The highest BCUT2D eigenvalue weighted by atomic mass is 16.5. The number of anilines is 1. The van der Waals surface area contributed by atoms with E-state index in [-0.39, 0.29) is 5.56 Å². The lowest BCUT2D eigenvalue weighted by Gasteiger charge is -2.29. The highest BCUT2D eigenvalue weighted by Gasteiger charge is 2.17. The number of aromatic nitrogens is 4. The molecule has 0 unspecified atom stereocenters. The van der Waals surface area contributed by atoms with Crippen LogP contribution in [0.5, 0.6) is 5.75 Å². The first-order chi connectivity index (χ1) is 13.6. The van der Waals surface area contributed by atoms with Gasteiger partial charge in [-0.15, -0.1) is 0 Å². The van der Waals surface area contributed by atoms with Gasteiger partial charge in [0, 0.05) is 19.2 Å². The molecule has 3 aromatic rings. The van der Waals surface area contributed by atoms with Crippen molar-refractivity contribution < 1.29 is 4.74 Å². The fourth-order valence-corrected chi connectivity index (χ4v) is 3.47. The molecule has 0 saturated carbocycles. The van der Waals surface area contributed by atoms with Crippen molar-refractivity contribution in [2.24, 2.45) is 5.92 Å². The molecule has 1 fully saturated rings. The Morgan fingerprint density at radius 2 is 1.96 bits per heavy atom. The second-order valence-corrected chi connectivity index (χ2v) is 7.45. The van der Waals surface area contributed by atoms with Crippen molar-refractivity contribution in [3.63, 3.8) is 0 Å². The average Bonchev–Trinajstić information content (AvgIpc) is 3.12. The predicted molar refractivity (Wildman–Crippen MR) is 108 cm³/mol. The molecule has 3 heterocycles. The van der Waals surface area contributed by atoms with Crippen LogP contribution < -0.4 is 15.6 Å². The van der Waals surface area contributed by atoms with E-state index in [0.29, 0.717) is 24.8 Å². The fourth-order valence-electron chi connectivity index (χ4n) is 3.47. The summed E-state index contributed by atoms with van der Waals surface area (Å²) >= 11 is 0. The molecule has 8 heteroatoms. The summed E-state index contributed by atoms with van der Waals surface area (Å²) in [6.45, 7) is 5.67. The maximum absolute atomic E-state index is 12.4. The maximum atomic E-state index is 12.4. The van der Waals surface area contributed by atoms with Gasteiger partial charge >= 0.3 is 0 Å². The normalized spacial score (nSPS) is 15.8. The number of hydrogen-bond acceptors (Lipinski definition) is 6. The number of piperidine rings is 1. The van der Waals surface area contributed by atoms with Gasteiger partial charge in [-0.2, -0.15) is 9.50 Å². The maximum Gasteiger partial charge on any atom is 0.274 e. The third kappa shape index (κ3) is 4.17. The van der Waals surface area contributed by atoms with Crippen LogP contribution in [0.15, 0.2) is 35.1 Å². The van der Waals surface area contributed by atoms with Gasteiger partial charge in [-0.1, -0.05) is 19.1 Å². The molecule has 2 N–H and O–H groups in total. The molecule has 1 aliphatic heterocycles. The number of nitrogens with zero attached hydrogens (tertiary/aromatic N) is 4. The topological polar surface area (TPSA) is 87.5 Å². The molecule has 0 atom stereocenters. The first kappa shape index (κ1) is 18.5. The summed E-state index contributed by atoms with van der Waals surface area (Å²) < 4.78 is 6.54. The summed E-state index contributed by atoms with van der Waals surface area (Å²) in [4.78, 5) is 23.8. The number of ether oxygens (including phenoxy) is 1. The number of nitrogens with one attached hydrogen (secondary N) is 2. The van der Waals surface area contributed by atoms with E-state index in [1.807, 2.05) is 24.3 Å². The lowest BCUT2D eigenvalue weighted by molar-refractivity contribution is 0.183. The van der Waals surface area contributed by atoms with Gasteiger partial charge < -0.3 is 10.1 Å². The van der Waals surface area contributed by atoms with Gasteiger partial charge in [0.05, 0.1) is 12.8 Å². The third-order valence-electron chi connectivity index (χ3n) is 5.26. The monoisotopic (exact) mass is 382 g/mol. The zero-order valence-corrected chi connectivity index (χ0v) is 16.3. The highest BCUT2D eigenvalue weighted by molar-refractivity contribution is 5.38. The Balaban J connectivity index is 1.45. The van der Waals surface area contributed by atoms with Gasteiger partial charge in [0.15, 0.2) is 0 Å². The van der Waals surface area contributed by atoms with Crippen LogP contribution in [0.3, 0.4) is 0 Å². The molecule has 148 valence electrons. The minimum atomic E-state index is -0.143. The molecule has 1 saturated heterocycles. The molecule has 0 amide bonds. The number of H-pyrrole nitrogens is 1. The number of aromatic amines is 1. The Morgan fingerprint density at radius 1 is 1.21 bits per heavy atom. The van der Waals surface area contributed by atoms with E-state index < -0.39 is 0 Å². The molecule has 0 aliphatic carbocycles. The van der Waals surface area contributed by atoms with Crippen molar-refractivity contribution >= 4 is 11.7 Å². The molecule has 4 rings (SSSR count). The molecule has 0 radical (unpaired) electrons. The van der Waals surface area contributed by atoms with Gasteiger partial charge in [-0.05, 0) is 49.5 Å². The van der Waals surface area contributed by atoms with E-state index >= 15 is 0 Å². The number of benzene rings is 1. The third-order valence-corrected chi connectivity index (χ3v) is 5.26. The zero-order valence-electron chi connectivity index (χ0n) is 16.3. The Labute approximate surface area is 163 Å². The number of likely N-dealkylation sites (tertiary alicyclic amines) is 1. The van der Waals surface area contributed by atoms with Crippen LogP contribution in [0.25, 0.3) is 5.78 Å².